The van der Waals surface area contributed by atoms with Gasteiger partial charge in [-0.2, -0.15) is 0 Å². The van der Waals surface area contributed by atoms with E-state index in [4.69, 9.17) is 16.3 Å². The average molecular weight is 445 g/mol. The molecule has 0 aliphatic rings. The van der Waals surface area contributed by atoms with Gasteiger partial charge in [-0.25, -0.2) is 0 Å². The molecule has 2 aromatic carbocycles. The van der Waals surface area contributed by atoms with Crippen molar-refractivity contribution in [3.05, 3.63) is 64.7 Å². The summed E-state index contributed by atoms with van der Waals surface area (Å²) in [5.41, 5.74) is 1.56. The second kappa shape index (κ2) is 10.5. The highest BCUT2D eigenvalue weighted by Crippen LogP contribution is 2.27. The first-order valence-corrected chi connectivity index (χ1v) is 11.2. The van der Waals surface area contributed by atoms with Crippen LogP contribution in [0.5, 0.6) is 5.75 Å². The summed E-state index contributed by atoms with van der Waals surface area (Å²) >= 11 is 7.76. The summed E-state index contributed by atoms with van der Waals surface area (Å²) < 4.78 is 7.54. The molecule has 3 rings (SSSR count). The molecule has 0 radical (unpaired) electrons. The molecular formula is C22H25ClN4O2S. The van der Waals surface area contributed by atoms with Crippen LogP contribution in [0.3, 0.4) is 0 Å². The van der Waals surface area contributed by atoms with Crippen molar-refractivity contribution in [2.75, 3.05) is 11.9 Å². The van der Waals surface area contributed by atoms with E-state index >= 15 is 0 Å². The van der Waals surface area contributed by atoms with Crippen LogP contribution in [0.2, 0.25) is 5.02 Å². The molecule has 0 aliphatic heterocycles. The molecule has 1 amide bonds. The largest absolute Gasteiger partial charge is 0.493 e. The van der Waals surface area contributed by atoms with E-state index < -0.39 is 0 Å². The number of anilines is 1. The van der Waals surface area contributed by atoms with Crippen molar-refractivity contribution in [1.82, 2.24) is 14.8 Å². The van der Waals surface area contributed by atoms with Gasteiger partial charge in [-0.15, -0.1) is 10.2 Å². The van der Waals surface area contributed by atoms with Crippen LogP contribution in [0.1, 0.15) is 36.7 Å². The Labute approximate surface area is 186 Å². The summed E-state index contributed by atoms with van der Waals surface area (Å²) in [5.74, 6) is 2.04. The molecule has 0 spiro atoms. The van der Waals surface area contributed by atoms with Gasteiger partial charge in [0.15, 0.2) is 5.16 Å². The average Bonchev–Trinajstić information content (AvgIpc) is 3.13. The van der Waals surface area contributed by atoms with Gasteiger partial charge in [-0.05, 0) is 48.7 Å². The summed E-state index contributed by atoms with van der Waals surface area (Å²) in [4.78, 5) is 12.6. The molecule has 158 valence electrons. The lowest BCUT2D eigenvalue weighted by molar-refractivity contribution is 0.102. The predicted molar refractivity (Wildman–Crippen MR) is 121 cm³/mol. The van der Waals surface area contributed by atoms with Gasteiger partial charge in [-0.3, -0.25) is 14.7 Å². The Bertz CT molecular complexity index is 989. The predicted octanol–water partition coefficient (Wildman–Crippen LogP) is 5.53. The minimum Gasteiger partial charge on any atom is -0.493 e. The van der Waals surface area contributed by atoms with Gasteiger partial charge >= 0.3 is 0 Å². The zero-order valence-corrected chi connectivity index (χ0v) is 18.8. The molecule has 1 heterocycles. The van der Waals surface area contributed by atoms with Crippen LogP contribution in [0.25, 0.3) is 0 Å². The van der Waals surface area contributed by atoms with E-state index in [0.717, 1.165) is 21.5 Å². The number of nitrogens with one attached hydrogen (secondary N) is 1. The van der Waals surface area contributed by atoms with Gasteiger partial charge in [0.25, 0.3) is 5.91 Å². The molecule has 3 aromatic rings. The highest BCUT2D eigenvalue weighted by atomic mass is 35.5. The highest BCUT2D eigenvalue weighted by molar-refractivity contribution is 7.98. The minimum atomic E-state index is -0.241. The third kappa shape index (κ3) is 5.77. The molecule has 0 fully saturated rings. The van der Waals surface area contributed by atoms with E-state index in [1.807, 2.05) is 35.8 Å². The number of thioether (sulfide) groups is 1. The van der Waals surface area contributed by atoms with Crippen molar-refractivity contribution in [2.24, 2.45) is 5.92 Å². The molecule has 0 saturated heterocycles. The topological polar surface area (TPSA) is 69.0 Å². The number of rotatable bonds is 9. The lowest BCUT2D eigenvalue weighted by atomic mass is 10.2. The van der Waals surface area contributed by atoms with Crippen LogP contribution in [-0.4, -0.2) is 27.3 Å². The molecule has 0 bridgehead atoms. The second-order valence-corrected chi connectivity index (χ2v) is 8.46. The van der Waals surface area contributed by atoms with Gasteiger partial charge < -0.3 is 4.74 Å². The van der Waals surface area contributed by atoms with E-state index in [-0.39, 0.29) is 5.91 Å². The molecule has 0 atom stereocenters. The van der Waals surface area contributed by atoms with E-state index in [2.05, 4.69) is 29.4 Å². The van der Waals surface area contributed by atoms with Crippen molar-refractivity contribution < 1.29 is 9.53 Å². The first-order valence-electron chi connectivity index (χ1n) is 9.81. The molecule has 1 N–H and O–H groups in total. The Hall–Kier alpha value is -2.51. The highest BCUT2D eigenvalue weighted by Gasteiger charge is 2.15. The lowest BCUT2D eigenvalue weighted by Gasteiger charge is -2.10. The van der Waals surface area contributed by atoms with Gasteiger partial charge in [0, 0.05) is 22.9 Å². The molecule has 30 heavy (non-hydrogen) atoms. The molecule has 0 aliphatic carbocycles. The minimum absolute atomic E-state index is 0.241. The SMILES string of the molecule is CCn1c(NC(=O)c2ccc(OCC(C)C)cc2)nnc1SCc1ccccc1Cl. The third-order valence-electron chi connectivity index (χ3n) is 4.27. The molecule has 6 nitrogen and oxygen atoms in total. The summed E-state index contributed by atoms with van der Waals surface area (Å²) in [6.45, 7) is 7.44. The van der Waals surface area contributed by atoms with Gasteiger partial charge in [0.2, 0.25) is 5.95 Å². The zero-order valence-electron chi connectivity index (χ0n) is 17.3. The number of aromatic nitrogens is 3. The quantitative estimate of drug-likeness (QED) is 0.439. The maximum absolute atomic E-state index is 12.6. The maximum atomic E-state index is 12.6. The van der Waals surface area contributed by atoms with Gasteiger partial charge in [0.1, 0.15) is 5.75 Å². The number of ether oxygens (including phenoxy) is 1. The number of hydrogen-bond donors (Lipinski definition) is 1. The Morgan fingerprint density at radius 1 is 1.17 bits per heavy atom. The number of halogens is 1. The molecule has 0 saturated carbocycles. The first-order chi connectivity index (χ1) is 14.5. The number of carbonyl (C=O) groups excluding carboxylic acids is 1. The number of amides is 1. The monoisotopic (exact) mass is 444 g/mol. The van der Waals surface area contributed by atoms with E-state index in [1.165, 1.54) is 11.8 Å². The van der Waals surface area contributed by atoms with Crippen molar-refractivity contribution in [2.45, 2.75) is 38.2 Å². The van der Waals surface area contributed by atoms with Crippen molar-refractivity contribution in [3.63, 3.8) is 0 Å². The van der Waals surface area contributed by atoms with Crippen LogP contribution in [0.15, 0.2) is 53.7 Å². The molecular weight excluding hydrogens is 420 g/mol. The molecule has 8 heteroatoms. The summed E-state index contributed by atoms with van der Waals surface area (Å²) in [7, 11) is 0. The van der Waals surface area contributed by atoms with Crippen LogP contribution in [-0.2, 0) is 12.3 Å². The Morgan fingerprint density at radius 3 is 2.57 bits per heavy atom. The van der Waals surface area contributed by atoms with E-state index in [1.54, 1.807) is 24.3 Å². The van der Waals surface area contributed by atoms with Crippen LogP contribution < -0.4 is 10.1 Å². The van der Waals surface area contributed by atoms with Crippen molar-refractivity contribution in [3.8, 4) is 5.75 Å². The van der Waals surface area contributed by atoms with Crippen molar-refractivity contribution in [1.29, 1.82) is 0 Å². The number of carbonyl (C=O) groups is 1. The van der Waals surface area contributed by atoms with Gasteiger partial charge in [-0.1, -0.05) is 55.4 Å². The third-order valence-corrected chi connectivity index (χ3v) is 5.66. The Morgan fingerprint density at radius 2 is 1.90 bits per heavy atom. The number of hydrogen-bond acceptors (Lipinski definition) is 5. The van der Waals surface area contributed by atoms with Crippen LogP contribution in [0.4, 0.5) is 5.95 Å². The second-order valence-electron chi connectivity index (χ2n) is 7.11. The number of benzene rings is 2. The summed E-state index contributed by atoms with van der Waals surface area (Å²) in [6.07, 6.45) is 0. The maximum Gasteiger partial charge on any atom is 0.258 e. The fourth-order valence-corrected chi connectivity index (χ4v) is 3.96. The standard InChI is InChI=1S/C22H25ClN4O2S/c1-4-27-21(25-26-22(27)30-14-17-7-5-6-8-19(17)23)24-20(28)16-9-11-18(12-10-16)29-13-15(2)3/h5-12,15H,4,13-14H2,1-3H3,(H,24,25,28). The smallest absolute Gasteiger partial charge is 0.258 e. The Kier molecular flexibility index (Phi) is 7.76. The molecule has 0 unspecified atom stereocenters. The summed E-state index contributed by atoms with van der Waals surface area (Å²) in [6, 6.07) is 14.8. The van der Waals surface area contributed by atoms with Crippen LogP contribution in [0, 0.1) is 5.92 Å². The zero-order chi connectivity index (χ0) is 21.5. The number of nitrogens with zero attached hydrogens (tertiary/aromatic N) is 3. The van der Waals surface area contributed by atoms with E-state index in [0.29, 0.717) is 36.3 Å². The van der Waals surface area contributed by atoms with Gasteiger partial charge in [0.05, 0.1) is 6.61 Å². The molecule has 1 aromatic heterocycles. The first kappa shape index (κ1) is 22.2. The van der Waals surface area contributed by atoms with E-state index in [9.17, 15) is 4.79 Å². The normalized spacial score (nSPS) is 11.0. The lowest BCUT2D eigenvalue weighted by Crippen LogP contribution is -2.16. The fraction of sp³-hybridized carbons (Fsp3) is 0.318. The Balaban J connectivity index is 1.65. The van der Waals surface area contributed by atoms with Crippen molar-refractivity contribution >= 4 is 35.2 Å². The summed E-state index contributed by atoms with van der Waals surface area (Å²) in [5, 5.41) is 12.7. The van der Waals surface area contributed by atoms with Crippen LogP contribution >= 0.6 is 23.4 Å². The fourth-order valence-electron chi connectivity index (χ4n) is 2.67.